The summed E-state index contributed by atoms with van der Waals surface area (Å²) in [6.45, 7) is 8.77. The Labute approximate surface area is 162 Å². The smallest absolute Gasteiger partial charge is 0.165 e. The zero-order valence-electron chi connectivity index (χ0n) is 16.9. The van der Waals surface area contributed by atoms with Gasteiger partial charge in [0.1, 0.15) is 5.82 Å². The summed E-state index contributed by atoms with van der Waals surface area (Å²) in [5.74, 6) is 1.06. The number of benzene rings is 1. The van der Waals surface area contributed by atoms with E-state index in [0.717, 1.165) is 28.3 Å². The predicted octanol–water partition coefficient (Wildman–Crippen LogP) is 5.75. The second-order valence-electron chi connectivity index (χ2n) is 8.92. The molecule has 0 spiro atoms. The van der Waals surface area contributed by atoms with Crippen LogP contribution in [0.25, 0.3) is 16.8 Å². The van der Waals surface area contributed by atoms with Gasteiger partial charge >= 0.3 is 0 Å². The predicted molar refractivity (Wildman–Crippen MR) is 112 cm³/mol. The van der Waals surface area contributed by atoms with Crippen LogP contribution in [0.1, 0.15) is 64.1 Å². The van der Waals surface area contributed by atoms with Gasteiger partial charge in [-0.15, -0.1) is 0 Å². The standard InChI is InChI=1S/C23H30N4/c1-16-10-12-17(13-11-16)19-15-24-27-21(25-18-8-6-5-7-9-18)14-20(23(2,3)4)26-22(19)27/h10-15,18,25H,5-9H2,1-4H3. The first-order valence-electron chi connectivity index (χ1n) is 10.1. The molecule has 4 rings (SSSR count). The van der Waals surface area contributed by atoms with Crippen LogP contribution in [-0.2, 0) is 5.41 Å². The minimum absolute atomic E-state index is 0.0143. The molecular weight excluding hydrogens is 332 g/mol. The van der Waals surface area contributed by atoms with Crippen LogP contribution in [0.3, 0.4) is 0 Å². The highest BCUT2D eigenvalue weighted by Crippen LogP contribution is 2.31. The summed E-state index contributed by atoms with van der Waals surface area (Å²) in [4.78, 5) is 5.02. The third-order valence-corrected chi connectivity index (χ3v) is 5.56. The Hall–Kier alpha value is -2.36. The van der Waals surface area contributed by atoms with Crippen LogP contribution in [0.4, 0.5) is 5.82 Å². The second kappa shape index (κ2) is 6.99. The first-order valence-corrected chi connectivity index (χ1v) is 10.1. The first kappa shape index (κ1) is 18.0. The number of rotatable bonds is 3. The molecule has 1 saturated carbocycles. The molecule has 2 aromatic heterocycles. The summed E-state index contributed by atoms with van der Waals surface area (Å²) in [5, 5.41) is 8.47. The number of aryl methyl sites for hydroxylation is 1. The topological polar surface area (TPSA) is 42.2 Å². The van der Waals surface area contributed by atoms with Gasteiger partial charge in [0, 0.05) is 23.1 Å². The highest BCUT2D eigenvalue weighted by molar-refractivity contribution is 5.78. The van der Waals surface area contributed by atoms with Gasteiger partial charge < -0.3 is 5.32 Å². The van der Waals surface area contributed by atoms with E-state index in [-0.39, 0.29) is 5.41 Å². The zero-order chi connectivity index (χ0) is 19.0. The molecule has 0 saturated heterocycles. The van der Waals surface area contributed by atoms with Gasteiger partial charge in [-0.25, -0.2) is 4.98 Å². The maximum atomic E-state index is 5.02. The van der Waals surface area contributed by atoms with Gasteiger partial charge in [-0.3, -0.25) is 0 Å². The van der Waals surface area contributed by atoms with Crippen molar-refractivity contribution in [2.45, 2.75) is 71.3 Å². The Bertz CT molecular complexity index is 925. The van der Waals surface area contributed by atoms with Crippen LogP contribution < -0.4 is 5.32 Å². The van der Waals surface area contributed by atoms with Gasteiger partial charge in [-0.1, -0.05) is 69.9 Å². The average molecular weight is 363 g/mol. The van der Waals surface area contributed by atoms with Gasteiger partial charge in [0.2, 0.25) is 0 Å². The number of hydrogen-bond acceptors (Lipinski definition) is 3. The first-order chi connectivity index (χ1) is 12.9. The van der Waals surface area contributed by atoms with Crippen molar-refractivity contribution in [3.05, 3.63) is 47.8 Å². The van der Waals surface area contributed by atoms with Crippen molar-refractivity contribution in [3.63, 3.8) is 0 Å². The second-order valence-corrected chi connectivity index (χ2v) is 8.92. The van der Waals surface area contributed by atoms with Gasteiger partial charge in [-0.05, 0) is 25.3 Å². The molecule has 0 amide bonds. The molecule has 1 fully saturated rings. The molecule has 27 heavy (non-hydrogen) atoms. The molecule has 0 aliphatic heterocycles. The number of nitrogens with one attached hydrogen (secondary N) is 1. The Kier molecular flexibility index (Phi) is 4.67. The molecule has 1 aromatic carbocycles. The van der Waals surface area contributed by atoms with Crippen molar-refractivity contribution in [1.29, 1.82) is 0 Å². The van der Waals surface area contributed by atoms with Crippen LogP contribution in [0.15, 0.2) is 36.5 Å². The van der Waals surface area contributed by atoms with E-state index in [1.54, 1.807) is 0 Å². The van der Waals surface area contributed by atoms with Crippen molar-refractivity contribution in [3.8, 4) is 11.1 Å². The highest BCUT2D eigenvalue weighted by Gasteiger charge is 2.22. The van der Waals surface area contributed by atoms with Crippen LogP contribution in [0.5, 0.6) is 0 Å². The van der Waals surface area contributed by atoms with Crippen LogP contribution in [-0.4, -0.2) is 20.6 Å². The SMILES string of the molecule is Cc1ccc(-c2cnn3c(NC4CCCCC4)cc(C(C)(C)C)nc23)cc1. The fourth-order valence-corrected chi connectivity index (χ4v) is 3.84. The van der Waals surface area contributed by atoms with E-state index < -0.39 is 0 Å². The molecule has 1 aliphatic rings. The Morgan fingerprint density at radius 1 is 1.04 bits per heavy atom. The molecule has 4 heteroatoms. The number of hydrogen-bond donors (Lipinski definition) is 1. The lowest BCUT2D eigenvalue weighted by atomic mass is 9.91. The Balaban J connectivity index is 1.82. The molecule has 142 valence electrons. The number of fused-ring (bicyclic) bond motifs is 1. The summed E-state index contributed by atoms with van der Waals surface area (Å²) >= 11 is 0. The van der Waals surface area contributed by atoms with E-state index in [9.17, 15) is 0 Å². The average Bonchev–Trinajstić information content (AvgIpc) is 3.07. The summed E-state index contributed by atoms with van der Waals surface area (Å²) in [7, 11) is 0. The van der Waals surface area contributed by atoms with Crippen LogP contribution >= 0.6 is 0 Å². The fourth-order valence-electron chi connectivity index (χ4n) is 3.84. The third kappa shape index (κ3) is 3.71. The van der Waals surface area contributed by atoms with Gasteiger partial charge in [0.05, 0.1) is 11.9 Å². The maximum Gasteiger partial charge on any atom is 0.165 e. The number of anilines is 1. The quantitative estimate of drug-likeness (QED) is 0.645. The lowest BCUT2D eigenvalue weighted by Gasteiger charge is -2.25. The monoisotopic (exact) mass is 362 g/mol. The lowest BCUT2D eigenvalue weighted by molar-refractivity contribution is 0.460. The van der Waals surface area contributed by atoms with Gasteiger partial charge in [-0.2, -0.15) is 9.61 Å². The highest BCUT2D eigenvalue weighted by atomic mass is 15.3. The largest absolute Gasteiger partial charge is 0.367 e. The fraction of sp³-hybridized carbons (Fsp3) is 0.478. The van der Waals surface area contributed by atoms with E-state index in [1.807, 2.05) is 10.7 Å². The molecule has 2 heterocycles. The van der Waals surface area contributed by atoms with Gasteiger partial charge in [0.15, 0.2) is 5.65 Å². The summed E-state index contributed by atoms with van der Waals surface area (Å²) in [6.07, 6.45) is 8.40. The van der Waals surface area contributed by atoms with Gasteiger partial charge in [0.25, 0.3) is 0 Å². The van der Waals surface area contributed by atoms with E-state index in [4.69, 9.17) is 10.1 Å². The molecule has 0 radical (unpaired) electrons. The molecule has 1 aliphatic carbocycles. The molecule has 1 N–H and O–H groups in total. The zero-order valence-corrected chi connectivity index (χ0v) is 16.9. The van der Waals surface area contributed by atoms with E-state index in [1.165, 1.54) is 37.7 Å². The lowest BCUT2D eigenvalue weighted by Crippen LogP contribution is -2.25. The number of nitrogens with zero attached hydrogens (tertiary/aromatic N) is 3. The van der Waals surface area contributed by atoms with E-state index >= 15 is 0 Å². The van der Waals surface area contributed by atoms with Crippen molar-refractivity contribution < 1.29 is 0 Å². The molecule has 4 nitrogen and oxygen atoms in total. The minimum atomic E-state index is -0.0143. The van der Waals surface area contributed by atoms with Crippen molar-refractivity contribution in [2.24, 2.45) is 0 Å². The van der Waals surface area contributed by atoms with Crippen LogP contribution in [0, 0.1) is 6.92 Å². The van der Waals surface area contributed by atoms with Crippen molar-refractivity contribution in [1.82, 2.24) is 14.6 Å². The molecule has 0 bridgehead atoms. The van der Waals surface area contributed by atoms with Crippen molar-refractivity contribution in [2.75, 3.05) is 5.32 Å². The molecule has 3 aromatic rings. The Morgan fingerprint density at radius 3 is 2.41 bits per heavy atom. The minimum Gasteiger partial charge on any atom is -0.367 e. The third-order valence-electron chi connectivity index (χ3n) is 5.56. The van der Waals surface area contributed by atoms with E-state index in [2.05, 4.69) is 63.3 Å². The molecular formula is C23H30N4. The number of aromatic nitrogens is 3. The van der Waals surface area contributed by atoms with E-state index in [0.29, 0.717) is 6.04 Å². The summed E-state index contributed by atoms with van der Waals surface area (Å²) < 4.78 is 1.99. The van der Waals surface area contributed by atoms with Crippen LogP contribution in [0.2, 0.25) is 0 Å². The molecule has 0 unspecified atom stereocenters. The molecule has 0 atom stereocenters. The summed E-state index contributed by atoms with van der Waals surface area (Å²) in [6, 6.07) is 11.3. The summed E-state index contributed by atoms with van der Waals surface area (Å²) in [5.41, 5.74) is 5.54. The Morgan fingerprint density at radius 2 is 1.74 bits per heavy atom. The maximum absolute atomic E-state index is 5.02. The normalized spacial score (nSPS) is 16.0. The van der Waals surface area contributed by atoms with Crippen molar-refractivity contribution >= 4 is 11.5 Å².